The number of rotatable bonds is 6. The molecule has 0 atom stereocenters. The Kier molecular flexibility index (Phi) is 5.69. The van der Waals surface area contributed by atoms with Gasteiger partial charge < -0.3 is 20.9 Å². The minimum Gasteiger partial charge on any atom is -0.492 e. The van der Waals surface area contributed by atoms with E-state index >= 15 is 0 Å². The first-order valence-corrected chi connectivity index (χ1v) is 9.86. The minimum atomic E-state index is -0.168. The molecule has 6 nitrogen and oxygen atoms in total. The van der Waals surface area contributed by atoms with Gasteiger partial charge in [0.15, 0.2) is 0 Å². The molecule has 1 fully saturated rings. The quantitative estimate of drug-likeness (QED) is 0.609. The fourth-order valence-corrected chi connectivity index (χ4v) is 3.67. The molecule has 0 unspecified atom stereocenters. The van der Waals surface area contributed by atoms with Gasteiger partial charge in [-0.25, -0.2) is 9.97 Å². The lowest BCUT2D eigenvalue weighted by Gasteiger charge is -2.26. The van der Waals surface area contributed by atoms with Crippen LogP contribution in [0.15, 0.2) is 48.7 Å². The van der Waals surface area contributed by atoms with Crippen LogP contribution in [0.5, 0.6) is 5.75 Å². The summed E-state index contributed by atoms with van der Waals surface area (Å²) in [6, 6.07) is 14.4. The van der Waals surface area contributed by atoms with Crippen molar-refractivity contribution in [2.75, 3.05) is 18.5 Å². The van der Waals surface area contributed by atoms with Crippen LogP contribution in [0.1, 0.15) is 25.7 Å². The van der Waals surface area contributed by atoms with Gasteiger partial charge in [-0.05, 0) is 43.4 Å². The molecule has 1 aliphatic rings. The van der Waals surface area contributed by atoms with Crippen LogP contribution >= 0.6 is 0 Å². The molecule has 0 amide bonds. The van der Waals surface area contributed by atoms with Gasteiger partial charge in [-0.1, -0.05) is 30.3 Å². The highest BCUT2D eigenvalue weighted by Gasteiger charge is 2.20. The fourth-order valence-electron chi connectivity index (χ4n) is 3.67. The molecule has 1 aliphatic carbocycles. The van der Waals surface area contributed by atoms with Crippen molar-refractivity contribution in [3.8, 4) is 16.9 Å². The number of aliphatic hydroxyl groups excluding tert-OH is 1. The van der Waals surface area contributed by atoms with Crippen LogP contribution in [0, 0.1) is 0 Å². The highest BCUT2D eigenvalue weighted by Crippen LogP contribution is 2.29. The molecule has 0 spiro atoms. The molecule has 4 N–H and O–H groups in total. The molecule has 0 radical (unpaired) electrons. The number of nitrogens with one attached hydrogen (secondary N) is 1. The second-order valence-electron chi connectivity index (χ2n) is 7.25. The molecule has 6 heteroatoms. The number of anilines is 1. The standard InChI is InChI=1S/C22H26N4O2/c23-12-13-28-19-10-4-15(5-11-19)20-3-1-2-16-14-24-22(26-21(16)20)25-17-6-8-18(27)9-7-17/h1-5,10-11,14,17-18,27H,6-9,12-13,23H2,(H,24,25,26)/t17-,18-. The van der Waals surface area contributed by atoms with Crippen molar-refractivity contribution in [2.24, 2.45) is 5.73 Å². The normalized spacial score (nSPS) is 19.5. The first kappa shape index (κ1) is 18.7. The van der Waals surface area contributed by atoms with Gasteiger partial charge in [0.2, 0.25) is 5.95 Å². The number of ether oxygens (including phenoxy) is 1. The lowest BCUT2D eigenvalue weighted by Crippen LogP contribution is -2.28. The van der Waals surface area contributed by atoms with Gasteiger partial charge >= 0.3 is 0 Å². The Morgan fingerprint density at radius 2 is 1.86 bits per heavy atom. The third kappa shape index (κ3) is 4.24. The number of hydrogen-bond donors (Lipinski definition) is 3. The molecule has 1 aromatic heterocycles. The van der Waals surface area contributed by atoms with Crippen LogP contribution in [-0.4, -0.2) is 40.4 Å². The first-order chi connectivity index (χ1) is 13.7. The summed E-state index contributed by atoms with van der Waals surface area (Å²) in [5, 5.41) is 14.1. The summed E-state index contributed by atoms with van der Waals surface area (Å²) in [5.74, 6) is 1.45. The molecule has 0 aliphatic heterocycles. The largest absolute Gasteiger partial charge is 0.492 e. The van der Waals surface area contributed by atoms with E-state index in [1.807, 2.05) is 42.6 Å². The molecular weight excluding hydrogens is 352 g/mol. The van der Waals surface area contributed by atoms with Crippen molar-refractivity contribution in [1.82, 2.24) is 9.97 Å². The van der Waals surface area contributed by atoms with E-state index in [9.17, 15) is 5.11 Å². The van der Waals surface area contributed by atoms with Crippen LogP contribution in [0.3, 0.4) is 0 Å². The number of hydrogen-bond acceptors (Lipinski definition) is 6. The SMILES string of the molecule is NCCOc1ccc(-c2cccc3cnc(N[C@H]4CC[C@H](O)CC4)nc23)cc1. The van der Waals surface area contributed by atoms with Crippen molar-refractivity contribution < 1.29 is 9.84 Å². The van der Waals surface area contributed by atoms with E-state index in [0.717, 1.165) is 53.5 Å². The highest BCUT2D eigenvalue weighted by atomic mass is 16.5. The molecule has 0 saturated heterocycles. The average molecular weight is 378 g/mol. The zero-order valence-electron chi connectivity index (χ0n) is 15.8. The zero-order valence-corrected chi connectivity index (χ0v) is 15.8. The smallest absolute Gasteiger partial charge is 0.223 e. The minimum absolute atomic E-state index is 0.168. The summed E-state index contributed by atoms with van der Waals surface area (Å²) in [6.45, 7) is 1.01. The maximum absolute atomic E-state index is 9.69. The summed E-state index contributed by atoms with van der Waals surface area (Å²) in [4.78, 5) is 9.29. The Hall–Kier alpha value is -2.70. The summed E-state index contributed by atoms with van der Waals surface area (Å²) >= 11 is 0. The number of aliphatic hydroxyl groups is 1. The Bertz CT molecular complexity index is 921. The first-order valence-electron chi connectivity index (χ1n) is 9.86. The number of nitrogens with two attached hydrogens (primary N) is 1. The second-order valence-corrected chi connectivity index (χ2v) is 7.25. The predicted octanol–water partition coefficient (Wildman–Crippen LogP) is 3.35. The number of aromatic nitrogens is 2. The average Bonchev–Trinajstić information content (AvgIpc) is 2.74. The Balaban J connectivity index is 1.59. The third-order valence-corrected chi connectivity index (χ3v) is 5.19. The summed E-state index contributed by atoms with van der Waals surface area (Å²) in [5.41, 5.74) is 8.55. The number of nitrogens with zero attached hydrogens (tertiary/aromatic N) is 2. The van der Waals surface area contributed by atoms with E-state index in [0.29, 0.717) is 25.1 Å². The lowest BCUT2D eigenvalue weighted by atomic mass is 9.93. The van der Waals surface area contributed by atoms with Gasteiger partial charge in [-0.3, -0.25) is 0 Å². The molecule has 1 saturated carbocycles. The molecule has 2 aromatic carbocycles. The Morgan fingerprint density at radius 1 is 1.07 bits per heavy atom. The van der Waals surface area contributed by atoms with E-state index in [1.165, 1.54) is 0 Å². The van der Waals surface area contributed by atoms with E-state index in [4.69, 9.17) is 15.5 Å². The molecule has 4 rings (SSSR count). The molecule has 3 aromatic rings. The van der Waals surface area contributed by atoms with Crippen molar-refractivity contribution in [1.29, 1.82) is 0 Å². The van der Waals surface area contributed by atoms with Crippen molar-refractivity contribution in [3.05, 3.63) is 48.7 Å². The van der Waals surface area contributed by atoms with E-state index in [1.54, 1.807) is 0 Å². The molecule has 1 heterocycles. The van der Waals surface area contributed by atoms with Crippen LogP contribution < -0.4 is 15.8 Å². The van der Waals surface area contributed by atoms with Crippen molar-refractivity contribution >= 4 is 16.9 Å². The monoisotopic (exact) mass is 378 g/mol. The number of fused-ring (bicyclic) bond motifs is 1. The molecular formula is C22H26N4O2. The zero-order chi connectivity index (χ0) is 19.3. The Labute approximate surface area is 164 Å². The fraction of sp³-hybridized carbons (Fsp3) is 0.364. The van der Waals surface area contributed by atoms with Crippen LogP contribution in [-0.2, 0) is 0 Å². The van der Waals surface area contributed by atoms with Gasteiger partial charge in [0.05, 0.1) is 11.6 Å². The summed E-state index contributed by atoms with van der Waals surface area (Å²) in [7, 11) is 0. The number of benzene rings is 2. The Morgan fingerprint density at radius 3 is 2.61 bits per heavy atom. The van der Waals surface area contributed by atoms with Crippen molar-refractivity contribution in [2.45, 2.75) is 37.8 Å². The van der Waals surface area contributed by atoms with Crippen LogP contribution in [0.25, 0.3) is 22.0 Å². The number of para-hydroxylation sites is 1. The van der Waals surface area contributed by atoms with Gasteiger partial charge in [-0.15, -0.1) is 0 Å². The summed E-state index contributed by atoms with van der Waals surface area (Å²) in [6.07, 6.45) is 5.23. The highest BCUT2D eigenvalue weighted by molar-refractivity contribution is 5.93. The molecule has 28 heavy (non-hydrogen) atoms. The van der Waals surface area contributed by atoms with Crippen LogP contribution in [0.2, 0.25) is 0 Å². The second kappa shape index (κ2) is 8.54. The predicted molar refractivity (Wildman–Crippen MR) is 111 cm³/mol. The third-order valence-electron chi connectivity index (χ3n) is 5.19. The lowest BCUT2D eigenvalue weighted by molar-refractivity contribution is 0.126. The van der Waals surface area contributed by atoms with Gasteiger partial charge in [0.25, 0.3) is 0 Å². The van der Waals surface area contributed by atoms with E-state index in [2.05, 4.69) is 16.4 Å². The van der Waals surface area contributed by atoms with Gasteiger partial charge in [0, 0.05) is 29.7 Å². The van der Waals surface area contributed by atoms with Crippen LogP contribution in [0.4, 0.5) is 5.95 Å². The van der Waals surface area contributed by atoms with Gasteiger partial charge in [-0.2, -0.15) is 0 Å². The van der Waals surface area contributed by atoms with E-state index in [-0.39, 0.29) is 6.10 Å². The van der Waals surface area contributed by atoms with E-state index < -0.39 is 0 Å². The molecule has 0 bridgehead atoms. The van der Waals surface area contributed by atoms with Gasteiger partial charge in [0.1, 0.15) is 12.4 Å². The maximum atomic E-state index is 9.69. The summed E-state index contributed by atoms with van der Waals surface area (Å²) < 4.78 is 5.57. The van der Waals surface area contributed by atoms with Crippen molar-refractivity contribution in [3.63, 3.8) is 0 Å². The topological polar surface area (TPSA) is 93.3 Å². The molecule has 146 valence electrons. The maximum Gasteiger partial charge on any atom is 0.223 e.